The van der Waals surface area contributed by atoms with Gasteiger partial charge in [0.15, 0.2) is 0 Å². The first kappa shape index (κ1) is 15.2. The number of benzene rings is 1. The van der Waals surface area contributed by atoms with Crippen molar-refractivity contribution in [3.8, 4) is 0 Å². The van der Waals surface area contributed by atoms with Gasteiger partial charge in [0.25, 0.3) is 5.91 Å². The Balaban J connectivity index is 2.10. The summed E-state index contributed by atoms with van der Waals surface area (Å²) in [5.74, 6) is 1.43. The lowest BCUT2D eigenvalue weighted by molar-refractivity contribution is 0.0963. The van der Waals surface area contributed by atoms with Crippen LogP contribution in [0.4, 0.5) is 5.69 Å². The number of anilines is 1. The summed E-state index contributed by atoms with van der Waals surface area (Å²) in [7, 11) is 1.63. The van der Waals surface area contributed by atoms with Crippen LogP contribution in [0.25, 0.3) is 0 Å². The second-order valence-electron chi connectivity index (χ2n) is 5.88. The van der Waals surface area contributed by atoms with Crippen molar-refractivity contribution in [1.82, 2.24) is 5.32 Å². The molecule has 0 radical (unpaired) electrons. The Kier molecular flexibility index (Phi) is 4.92. The van der Waals surface area contributed by atoms with Gasteiger partial charge in [-0.05, 0) is 49.3 Å². The fourth-order valence-electron chi connectivity index (χ4n) is 2.82. The molecule has 1 amide bonds. The third kappa shape index (κ3) is 3.45. The van der Waals surface area contributed by atoms with Crippen LogP contribution in [0.1, 0.15) is 43.5 Å². The van der Waals surface area contributed by atoms with Gasteiger partial charge < -0.3 is 10.6 Å². The van der Waals surface area contributed by atoms with Crippen molar-refractivity contribution in [1.29, 1.82) is 0 Å². The highest BCUT2D eigenvalue weighted by atomic mass is 35.5. The highest BCUT2D eigenvalue weighted by Gasteiger charge is 2.24. The summed E-state index contributed by atoms with van der Waals surface area (Å²) < 4.78 is 0. The monoisotopic (exact) mass is 294 g/mol. The predicted octanol–water partition coefficient (Wildman–Crippen LogP) is 3.94. The van der Waals surface area contributed by atoms with Gasteiger partial charge in [-0.3, -0.25) is 4.79 Å². The van der Waals surface area contributed by atoms with Gasteiger partial charge in [0.1, 0.15) is 0 Å². The number of halogens is 1. The molecule has 0 spiro atoms. The average Bonchev–Trinajstić information content (AvgIpc) is 2.44. The van der Waals surface area contributed by atoms with Gasteiger partial charge in [-0.25, -0.2) is 0 Å². The zero-order valence-corrected chi connectivity index (χ0v) is 13.1. The van der Waals surface area contributed by atoms with Crippen molar-refractivity contribution < 1.29 is 4.79 Å². The fraction of sp³-hybridized carbons (Fsp3) is 0.562. The first-order chi connectivity index (χ1) is 9.51. The molecule has 0 aromatic heterocycles. The van der Waals surface area contributed by atoms with Crippen LogP contribution in [0.2, 0.25) is 5.02 Å². The summed E-state index contributed by atoms with van der Waals surface area (Å²) in [5.41, 5.74) is 1.50. The number of nitrogens with one attached hydrogen (secondary N) is 2. The Morgan fingerprint density at radius 1 is 1.25 bits per heavy atom. The number of amides is 1. The molecular formula is C16H23ClN2O. The molecule has 3 unspecified atom stereocenters. The van der Waals surface area contributed by atoms with Crippen LogP contribution in [0.3, 0.4) is 0 Å². The molecule has 0 bridgehead atoms. The SMILES string of the molecule is CNC(=O)c1ccc(Cl)c(NC2CCC(C)C(C)C2)c1. The van der Waals surface area contributed by atoms with Crippen molar-refractivity contribution in [3.63, 3.8) is 0 Å². The van der Waals surface area contributed by atoms with E-state index in [9.17, 15) is 4.79 Å². The van der Waals surface area contributed by atoms with Gasteiger partial charge in [0, 0.05) is 18.7 Å². The van der Waals surface area contributed by atoms with E-state index in [1.54, 1.807) is 19.2 Å². The lowest BCUT2D eigenvalue weighted by Gasteiger charge is -2.33. The summed E-state index contributed by atoms with van der Waals surface area (Å²) in [4.78, 5) is 11.7. The molecule has 0 saturated heterocycles. The number of hydrogen-bond donors (Lipinski definition) is 2. The van der Waals surface area contributed by atoms with E-state index in [0.717, 1.165) is 30.4 Å². The summed E-state index contributed by atoms with van der Waals surface area (Å²) >= 11 is 6.23. The lowest BCUT2D eigenvalue weighted by Crippen LogP contribution is -2.30. The van der Waals surface area contributed by atoms with E-state index in [-0.39, 0.29) is 5.91 Å². The van der Waals surface area contributed by atoms with Crippen LogP contribution >= 0.6 is 11.6 Å². The smallest absolute Gasteiger partial charge is 0.251 e. The molecule has 1 fully saturated rings. The molecule has 110 valence electrons. The van der Waals surface area contributed by atoms with Crippen LogP contribution in [-0.2, 0) is 0 Å². The highest BCUT2D eigenvalue weighted by Crippen LogP contribution is 2.32. The molecule has 1 saturated carbocycles. The van der Waals surface area contributed by atoms with Crippen LogP contribution in [-0.4, -0.2) is 19.0 Å². The second-order valence-corrected chi connectivity index (χ2v) is 6.29. The molecule has 1 aromatic carbocycles. The normalized spacial score (nSPS) is 26.1. The quantitative estimate of drug-likeness (QED) is 0.886. The molecule has 4 heteroatoms. The maximum atomic E-state index is 11.7. The van der Waals surface area contributed by atoms with Gasteiger partial charge in [-0.2, -0.15) is 0 Å². The summed E-state index contributed by atoms with van der Waals surface area (Å²) in [6.07, 6.45) is 3.55. The van der Waals surface area contributed by atoms with Gasteiger partial charge in [-0.15, -0.1) is 0 Å². The van der Waals surface area contributed by atoms with Crippen LogP contribution < -0.4 is 10.6 Å². The molecule has 2 N–H and O–H groups in total. The number of hydrogen-bond acceptors (Lipinski definition) is 2. The van der Waals surface area contributed by atoms with E-state index < -0.39 is 0 Å². The fourth-order valence-corrected chi connectivity index (χ4v) is 2.99. The maximum absolute atomic E-state index is 11.7. The van der Waals surface area contributed by atoms with Crippen LogP contribution in [0.15, 0.2) is 18.2 Å². The van der Waals surface area contributed by atoms with Crippen molar-refractivity contribution in [3.05, 3.63) is 28.8 Å². The van der Waals surface area contributed by atoms with Crippen molar-refractivity contribution in [2.45, 2.75) is 39.2 Å². The number of rotatable bonds is 3. The Morgan fingerprint density at radius 2 is 2.00 bits per heavy atom. The standard InChI is InChI=1S/C16H23ClN2O/c1-10-4-6-13(8-11(10)2)19-15-9-12(16(20)18-3)5-7-14(15)17/h5,7,9-11,13,19H,4,6,8H2,1-3H3,(H,18,20). The Morgan fingerprint density at radius 3 is 2.65 bits per heavy atom. The van der Waals surface area contributed by atoms with Crippen molar-refractivity contribution >= 4 is 23.2 Å². The largest absolute Gasteiger partial charge is 0.381 e. The zero-order valence-electron chi connectivity index (χ0n) is 12.4. The Bertz CT molecular complexity index is 489. The van der Waals surface area contributed by atoms with E-state index in [0.29, 0.717) is 16.6 Å². The first-order valence-electron chi connectivity index (χ1n) is 7.29. The lowest BCUT2D eigenvalue weighted by atomic mass is 9.79. The van der Waals surface area contributed by atoms with Crippen molar-refractivity contribution in [2.24, 2.45) is 11.8 Å². The average molecular weight is 295 g/mol. The molecule has 3 nitrogen and oxygen atoms in total. The van der Waals surface area contributed by atoms with Crippen molar-refractivity contribution in [2.75, 3.05) is 12.4 Å². The first-order valence-corrected chi connectivity index (χ1v) is 7.67. The van der Waals surface area contributed by atoms with Gasteiger partial charge in [0.05, 0.1) is 10.7 Å². The minimum Gasteiger partial charge on any atom is -0.381 e. The molecule has 0 heterocycles. The Labute approximate surface area is 126 Å². The molecule has 3 atom stereocenters. The molecule has 0 aliphatic heterocycles. The van der Waals surface area contributed by atoms with Gasteiger partial charge >= 0.3 is 0 Å². The summed E-state index contributed by atoms with van der Waals surface area (Å²) in [6.45, 7) is 4.63. The summed E-state index contributed by atoms with van der Waals surface area (Å²) in [6, 6.07) is 5.81. The molecule has 1 aliphatic rings. The third-order valence-electron chi connectivity index (χ3n) is 4.41. The van der Waals surface area contributed by atoms with Crippen LogP contribution in [0, 0.1) is 11.8 Å². The molecular weight excluding hydrogens is 272 g/mol. The molecule has 2 rings (SSSR count). The van der Waals surface area contributed by atoms with E-state index in [1.807, 2.05) is 6.07 Å². The maximum Gasteiger partial charge on any atom is 0.251 e. The molecule has 20 heavy (non-hydrogen) atoms. The zero-order chi connectivity index (χ0) is 14.7. The molecule has 1 aliphatic carbocycles. The van der Waals surface area contributed by atoms with Gasteiger partial charge in [-0.1, -0.05) is 25.4 Å². The highest BCUT2D eigenvalue weighted by molar-refractivity contribution is 6.33. The van der Waals surface area contributed by atoms with E-state index in [1.165, 1.54) is 6.42 Å². The third-order valence-corrected chi connectivity index (χ3v) is 4.74. The van der Waals surface area contributed by atoms with Gasteiger partial charge in [0.2, 0.25) is 0 Å². The van der Waals surface area contributed by atoms with E-state index in [4.69, 9.17) is 11.6 Å². The molecule has 1 aromatic rings. The topological polar surface area (TPSA) is 41.1 Å². The Hall–Kier alpha value is -1.22. The van der Waals surface area contributed by atoms with E-state index >= 15 is 0 Å². The number of carbonyl (C=O) groups excluding carboxylic acids is 1. The van der Waals surface area contributed by atoms with E-state index in [2.05, 4.69) is 24.5 Å². The second kappa shape index (κ2) is 6.49. The van der Waals surface area contributed by atoms with Crippen LogP contribution in [0.5, 0.6) is 0 Å². The minimum atomic E-state index is -0.0876. The number of carbonyl (C=O) groups is 1. The predicted molar refractivity (Wildman–Crippen MR) is 84.4 cm³/mol. The minimum absolute atomic E-state index is 0.0876. The summed E-state index contributed by atoms with van der Waals surface area (Å²) in [5, 5.41) is 6.81.